The number of hydrogen-bond donors (Lipinski definition) is 0. The molecule has 1 aliphatic rings. The van der Waals surface area contributed by atoms with Crippen molar-refractivity contribution in [2.24, 2.45) is 0 Å². The van der Waals surface area contributed by atoms with Crippen LogP contribution in [0.3, 0.4) is 0 Å². The van der Waals surface area contributed by atoms with Gasteiger partial charge in [0.25, 0.3) is 0 Å². The van der Waals surface area contributed by atoms with Gasteiger partial charge in [0.05, 0.1) is 15.1 Å². The van der Waals surface area contributed by atoms with Gasteiger partial charge in [-0.2, -0.15) is 0 Å². The monoisotopic (exact) mass is 664 g/mol. The lowest BCUT2D eigenvalue weighted by atomic mass is 9.82. The lowest BCUT2D eigenvalue weighted by Gasteiger charge is -2.28. The second kappa shape index (κ2) is 11.3. The minimum absolute atomic E-state index is 0.0167. The minimum atomic E-state index is -0.652. The first-order chi connectivity index (χ1) is 29.6. The summed E-state index contributed by atoms with van der Waals surface area (Å²) in [6.45, 7) is 4.41. The SMILES string of the molecule is [2H]c1c([2H])c([2H])c(-c2c([2H])c([2H])c3c(oc4c([2H])c([2H])c5c([2H])cc(N(c6ccc(-c7ccccc7)cc6)c6ccc7c(c6)C(C)(C)c6ccccc6-7)cc5c43)c2[2H])c([2H])c1[2H]. The predicted molar refractivity (Wildman–Crippen MR) is 214 cm³/mol. The zero-order chi connectivity index (χ0) is 43.7. The third-order valence-electron chi connectivity index (χ3n) is 10.0. The maximum absolute atomic E-state index is 9.43. The van der Waals surface area contributed by atoms with Crippen molar-refractivity contribution in [1.82, 2.24) is 0 Å². The number of fused-ring (bicyclic) bond motifs is 8. The topological polar surface area (TPSA) is 16.4 Å². The highest BCUT2D eigenvalue weighted by Gasteiger charge is 2.35. The number of furan rings is 1. The molecule has 10 rings (SSSR count). The Bertz CT molecular complexity index is 3370. The fourth-order valence-electron chi connectivity index (χ4n) is 7.50. The molecule has 0 bridgehead atoms. The first kappa shape index (κ1) is 20.3. The second-order valence-corrected chi connectivity index (χ2v) is 13.3. The molecule has 0 saturated carbocycles. The van der Waals surface area contributed by atoms with Gasteiger partial charge >= 0.3 is 0 Å². The third-order valence-corrected chi connectivity index (χ3v) is 10.0. The first-order valence-corrected chi connectivity index (χ1v) is 16.8. The summed E-state index contributed by atoms with van der Waals surface area (Å²) in [6.07, 6.45) is 0. The molecular formula is C49H35NO. The van der Waals surface area contributed by atoms with E-state index in [1.54, 1.807) is 12.1 Å². The van der Waals surface area contributed by atoms with Gasteiger partial charge in [-0.1, -0.05) is 135 Å². The van der Waals surface area contributed by atoms with Crippen LogP contribution in [-0.2, 0) is 5.41 Å². The normalized spacial score (nSPS) is 16.1. The highest BCUT2D eigenvalue weighted by atomic mass is 16.3. The van der Waals surface area contributed by atoms with E-state index in [0.29, 0.717) is 11.1 Å². The molecule has 1 aliphatic carbocycles. The first-order valence-electron chi connectivity index (χ1n) is 22.3. The van der Waals surface area contributed by atoms with Crippen LogP contribution in [0.15, 0.2) is 180 Å². The molecule has 0 radical (unpaired) electrons. The summed E-state index contributed by atoms with van der Waals surface area (Å²) in [5.41, 5.74) is 7.34. The van der Waals surface area contributed by atoms with Crippen LogP contribution >= 0.6 is 0 Å². The quantitative estimate of drug-likeness (QED) is 0.182. The van der Waals surface area contributed by atoms with Crippen LogP contribution in [-0.4, -0.2) is 0 Å². The van der Waals surface area contributed by atoms with Crippen LogP contribution in [0.25, 0.3) is 66.1 Å². The fourth-order valence-corrected chi connectivity index (χ4v) is 7.50. The number of anilines is 3. The Hall–Kier alpha value is -6.38. The van der Waals surface area contributed by atoms with Crippen molar-refractivity contribution < 1.29 is 19.5 Å². The lowest BCUT2D eigenvalue weighted by Crippen LogP contribution is -2.16. The molecule has 0 saturated heterocycles. The van der Waals surface area contributed by atoms with Gasteiger partial charge in [-0.3, -0.25) is 0 Å². The van der Waals surface area contributed by atoms with Gasteiger partial charge in [0.15, 0.2) is 0 Å². The maximum atomic E-state index is 9.43. The molecule has 8 aromatic carbocycles. The Labute approximate surface area is 313 Å². The molecule has 2 nitrogen and oxygen atoms in total. The zero-order valence-corrected chi connectivity index (χ0v) is 27.7. The van der Waals surface area contributed by atoms with Gasteiger partial charge in [0.2, 0.25) is 0 Å². The molecule has 0 fully saturated rings. The van der Waals surface area contributed by atoms with E-state index in [9.17, 15) is 4.11 Å². The Morgan fingerprint density at radius 1 is 0.510 bits per heavy atom. The molecular weight excluding hydrogens is 619 g/mol. The lowest BCUT2D eigenvalue weighted by molar-refractivity contribution is 0.660. The molecule has 9 aromatic rings. The minimum Gasteiger partial charge on any atom is -0.456 e. The number of rotatable bonds is 5. The van der Waals surface area contributed by atoms with E-state index in [-0.39, 0.29) is 56.4 Å². The van der Waals surface area contributed by atoms with Gasteiger partial charge in [0, 0.05) is 33.2 Å². The van der Waals surface area contributed by atoms with Crippen LogP contribution in [0.4, 0.5) is 17.1 Å². The van der Waals surface area contributed by atoms with Crippen molar-refractivity contribution in [2.45, 2.75) is 19.3 Å². The average Bonchev–Trinajstić information content (AvgIpc) is 3.79. The standard InChI is InChI=1S/C49H35NO/c1-49(2)44-16-10-9-15-40(44)41-27-25-39(31-45(41)49)50(37-22-17-34(18-23-37)32-11-5-3-6-12-32)38-24-19-35-21-28-46-48(43(35)30-38)42-26-20-36(29-47(42)51-46)33-13-7-4-8-14-33/h3-31H,1-2H3/i4D,7D,8D,13D,14D,19D,20D,21D,26D,28D,29D. The average molecular weight is 665 g/mol. The third kappa shape index (κ3) is 4.71. The summed E-state index contributed by atoms with van der Waals surface area (Å²) >= 11 is 0. The zero-order valence-electron chi connectivity index (χ0n) is 38.7. The predicted octanol–water partition coefficient (Wildman–Crippen LogP) is 13.8. The van der Waals surface area contributed by atoms with Crippen LogP contribution in [0.5, 0.6) is 0 Å². The molecule has 1 heterocycles. The largest absolute Gasteiger partial charge is 0.456 e. The molecule has 0 amide bonds. The summed E-state index contributed by atoms with van der Waals surface area (Å²) in [5, 5.41) is 0.559. The summed E-state index contributed by atoms with van der Waals surface area (Å²) in [4.78, 5) is 2.03. The summed E-state index contributed by atoms with van der Waals surface area (Å²) in [5.74, 6) is 0. The second-order valence-electron chi connectivity index (χ2n) is 13.3. The molecule has 242 valence electrons. The van der Waals surface area contributed by atoms with E-state index < -0.39 is 53.9 Å². The van der Waals surface area contributed by atoms with Gasteiger partial charge in [-0.15, -0.1) is 0 Å². The van der Waals surface area contributed by atoms with Crippen LogP contribution in [0.1, 0.15) is 40.1 Å². The van der Waals surface area contributed by atoms with Crippen molar-refractivity contribution in [3.05, 3.63) is 187 Å². The fraction of sp³-hybridized carbons (Fsp3) is 0.0612. The Balaban J connectivity index is 1.25. The number of benzene rings is 8. The molecule has 2 heteroatoms. The van der Waals surface area contributed by atoms with E-state index in [2.05, 4.69) is 38.1 Å². The van der Waals surface area contributed by atoms with Gasteiger partial charge < -0.3 is 9.32 Å². The van der Waals surface area contributed by atoms with Crippen molar-refractivity contribution in [3.63, 3.8) is 0 Å². The number of hydrogen-bond acceptors (Lipinski definition) is 2. The summed E-state index contributed by atoms with van der Waals surface area (Å²) in [6, 6.07) is 30.8. The van der Waals surface area contributed by atoms with Crippen LogP contribution in [0.2, 0.25) is 0 Å². The molecule has 51 heavy (non-hydrogen) atoms. The summed E-state index contributed by atoms with van der Waals surface area (Å²) < 4.78 is 103. The molecule has 0 unspecified atom stereocenters. The van der Waals surface area contributed by atoms with Gasteiger partial charge in [-0.25, -0.2) is 0 Å². The molecule has 0 atom stereocenters. The van der Waals surface area contributed by atoms with Crippen molar-refractivity contribution >= 4 is 49.8 Å². The Morgan fingerprint density at radius 3 is 2.08 bits per heavy atom. The molecule has 0 aliphatic heterocycles. The van der Waals surface area contributed by atoms with E-state index in [1.807, 2.05) is 77.7 Å². The van der Waals surface area contributed by atoms with Crippen molar-refractivity contribution in [1.29, 1.82) is 0 Å². The van der Waals surface area contributed by atoms with Crippen molar-refractivity contribution in [2.75, 3.05) is 4.90 Å². The van der Waals surface area contributed by atoms with E-state index in [1.165, 1.54) is 11.1 Å². The number of nitrogens with zero attached hydrogens (tertiary/aromatic N) is 1. The van der Waals surface area contributed by atoms with Gasteiger partial charge in [0.1, 0.15) is 11.2 Å². The van der Waals surface area contributed by atoms with Gasteiger partial charge in [-0.05, 0) is 110 Å². The van der Waals surface area contributed by atoms with Crippen molar-refractivity contribution in [3.8, 4) is 33.4 Å². The Kier molecular flexibility index (Phi) is 4.52. The highest BCUT2D eigenvalue weighted by molar-refractivity contribution is 6.19. The molecule has 0 N–H and O–H groups in total. The maximum Gasteiger partial charge on any atom is 0.136 e. The summed E-state index contributed by atoms with van der Waals surface area (Å²) in [7, 11) is 0. The highest BCUT2D eigenvalue weighted by Crippen LogP contribution is 2.51. The van der Waals surface area contributed by atoms with Crippen LogP contribution < -0.4 is 4.90 Å². The van der Waals surface area contributed by atoms with E-state index in [0.717, 1.165) is 33.6 Å². The molecule has 0 spiro atoms. The Morgan fingerprint density at radius 2 is 1.24 bits per heavy atom. The van der Waals surface area contributed by atoms with E-state index in [4.69, 9.17) is 15.4 Å². The van der Waals surface area contributed by atoms with E-state index >= 15 is 0 Å². The van der Waals surface area contributed by atoms with Crippen LogP contribution in [0, 0.1) is 0 Å². The molecule has 1 aromatic heterocycles. The smallest absolute Gasteiger partial charge is 0.136 e.